The largest absolute Gasteiger partial charge is 0.494 e. The van der Waals surface area contributed by atoms with Gasteiger partial charge in [-0.15, -0.1) is 0 Å². The summed E-state index contributed by atoms with van der Waals surface area (Å²) in [6.07, 6.45) is 0. The minimum absolute atomic E-state index is 0.201. The molecule has 1 aromatic carbocycles. The highest BCUT2D eigenvalue weighted by atomic mass is 79.9. The molecule has 0 radical (unpaired) electrons. The molecule has 6 heteroatoms. The van der Waals surface area contributed by atoms with Crippen molar-refractivity contribution >= 4 is 40.1 Å². The van der Waals surface area contributed by atoms with Crippen molar-refractivity contribution in [2.45, 2.75) is 0 Å². The second-order valence-electron chi connectivity index (χ2n) is 2.36. The van der Waals surface area contributed by atoms with Gasteiger partial charge in [-0.2, -0.15) is 0 Å². The Bertz CT molecular complexity index is 319. The van der Waals surface area contributed by atoms with Crippen LogP contribution in [0.4, 0.5) is 0 Å². The Morgan fingerprint density at radius 2 is 2.08 bits per heavy atom. The van der Waals surface area contributed by atoms with Crippen molar-refractivity contribution in [3.63, 3.8) is 0 Å². The van der Waals surface area contributed by atoms with Crippen LogP contribution in [0.5, 0.6) is 5.75 Å². The molecule has 0 fully saturated rings. The summed E-state index contributed by atoms with van der Waals surface area (Å²) in [5.74, 6) is 0.396. The van der Waals surface area contributed by atoms with Crippen LogP contribution in [0.25, 0.3) is 0 Å². The van der Waals surface area contributed by atoms with Gasteiger partial charge in [-0.05, 0) is 22.0 Å². The number of halogens is 2. The van der Waals surface area contributed by atoms with Crippen molar-refractivity contribution in [1.82, 2.24) is 0 Å². The van der Waals surface area contributed by atoms with Crippen LogP contribution in [0, 0.1) is 0 Å². The van der Waals surface area contributed by atoms with E-state index in [2.05, 4.69) is 15.9 Å². The van der Waals surface area contributed by atoms with Crippen LogP contribution in [0.3, 0.4) is 0 Å². The summed E-state index contributed by atoms with van der Waals surface area (Å²) >= 11 is 9.05. The SMILES string of the molecule is COc1c(Br)ccc(B(O)O)c1Cl. The van der Waals surface area contributed by atoms with Gasteiger partial charge >= 0.3 is 7.12 Å². The number of rotatable bonds is 2. The minimum atomic E-state index is -1.59. The molecule has 1 aromatic rings. The highest BCUT2D eigenvalue weighted by molar-refractivity contribution is 9.10. The summed E-state index contributed by atoms with van der Waals surface area (Å²) in [5, 5.41) is 18.0. The second-order valence-corrected chi connectivity index (χ2v) is 3.59. The third kappa shape index (κ3) is 2.17. The molecule has 0 amide bonds. The fraction of sp³-hybridized carbons (Fsp3) is 0.143. The van der Waals surface area contributed by atoms with Gasteiger partial charge in [0.1, 0.15) is 0 Å². The normalized spacial score (nSPS) is 9.92. The average Bonchev–Trinajstić information content (AvgIpc) is 2.04. The summed E-state index contributed by atoms with van der Waals surface area (Å²) in [6, 6.07) is 3.15. The Morgan fingerprint density at radius 3 is 2.54 bits per heavy atom. The second kappa shape index (κ2) is 4.33. The van der Waals surface area contributed by atoms with Gasteiger partial charge in [0.25, 0.3) is 0 Å². The van der Waals surface area contributed by atoms with E-state index in [1.807, 2.05) is 0 Å². The first-order chi connectivity index (χ1) is 6.07. The van der Waals surface area contributed by atoms with Gasteiger partial charge in [-0.3, -0.25) is 0 Å². The van der Waals surface area contributed by atoms with E-state index in [1.54, 1.807) is 6.07 Å². The molecule has 0 atom stereocenters. The zero-order valence-electron chi connectivity index (χ0n) is 6.79. The summed E-state index contributed by atoms with van der Waals surface area (Å²) < 4.78 is 5.64. The van der Waals surface area contributed by atoms with Crippen molar-refractivity contribution < 1.29 is 14.8 Å². The molecule has 1 rings (SSSR count). The predicted octanol–water partition coefficient (Wildman–Crippen LogP) is 0.791. The van der Waals surface area contributed by atoms with Gasteiger partial charge in [-0.1, -0.05) is 17.7 Å². The average molecular weight is 265 g/mol. The smallest absolute Gasteiger partial charge is 0.490 e. The molecule has 0 aromatic heterocycles. The number of methoxy groups -OCH3 is 1. The Morgan fingerprint density at radius 1 is 1.46 bits per heavy atom. The Kier molecular flexibility index (Phi) is 3.61. The Balaban J connectivity index is 3.27. The molecule has 0 aliphatic carbocycles. The molecule has 2 N–H and O–H groups in total. The number of hydrogen-bond acceptors (Lipinski definition) is 3. The molecule has 0 heterocycles. The van der Waals surface area contributed by atoms with E-state index in [9.17, 15) is 0 Å². The zero-order chi connectivity index (χ0) is 10.0. The van der Waals surface area contributed by atoms with Gasteiger partial charge in [-0.25, -0.2) is 0 Å². The fourth-order valence-corrected chi connectivity index (χ4v) is 1.88. The van der Waals surface area contributed by atoms with E-state index < -0.39 is 7.12 Å². The summed E-state index contributed by atoms with van der Waals surface area (Å²) in [5.41, 5.74) is 0.224. The van der Waals surface area contributed by atoms with E-state index in [0.717, 1.165) is 0 Å². The lowest BCUT2D eigenvalue weighted by Crippen LogP contribution is -2.30. The Hall–Kier alpha value is -0.225. The Labute approximate surface area is 89.6 Å². The van der Waals surface area contributed by atoms with E-state index in [1.165, 1.54) is 13.2 Å². The summed E-state index contributed by atoms with van der Waals surface area (Å²) in [7, 11) is -0.131. The standard InChI is InChI=1S/C7H7BBrClO3/c1-13-7-5(9)3-2-4(6(7)10)8(11)12/h2-3,11-12H,1H3. The van der Waals surface area contributed by atoms with E-state index in [4.69, 9.17) is 26.4 Å². The first kappa shape index (κ1) is 10.9. The number of ether oxygens (including phenoxy) is 1. The van der Waals surface area contributed by atoms with Gasteiger partial charge in [0.15, 0.2) is 5.75 Å². The summed E-state index contributed by atoms with van der Waals surface area (Å²) in [6.45, 7) is 0. The molecular weight excluding hydrogens is 258 g/mol. The molecule has 0 unspecified atom stereocenters. The van der Waals surface area contributed by atoms with Crippen molar-refractivity contribution in [2.24, 2.45) is 0 Å². The molecule has 0 aliphatic heterocycles. The fourth-order valence-electron chi connectivity index (χ4n) is 0.934. The quantitative estimate of drug-likeness (QED) is 0.777. The van der Waals surface area contributed by atoms with Gasteiger partial charge < -0.3 is 14.8 Å². The highest BCUT2D eigenvalue weighted by Crippen LogP contribution is 2.31. The van der Waals surface area contributed by atoms with Crippen LogP contribution in [0.1, 0.15) is 0 Å². The van der Waals surface area contributed by atoms with E-state index >= 15 is 0 Å². The lowest BCUT2D eigenvalue weighted by Gasteiger charge is -2.09. The van der Waals surface area contributed by atoms with Gasteiger partial charge in [0.2, 0.25) is 0 Å². The van der Waals surface area contributed by atoms with Crippen LogP contribution >= 0.6 is 27.5 Å². The van der Waals surface area contributed by atoms with E-state index in [0.29, 0.717) is 10.2 Å². The molecule has 0 saturated carbocycles. The van der Waals surface area contributed by atoms with Crippen LogP contribution in [0.15, 0.2) is 16.6 Å². The first-order valence-corrected chi connectivity index (χ1v) is 4.63. The highest BCUT2D eigenvalue weighted by Gasteiger charge is 2.19. The zero-order valence-corrected chi connectivity index (χ0v) is 9.13. The monoisotopic (exact) mass is 264 g/mol. The molecule has 13 heavy (non-hydrogen) atoms. The van der Waals surface area contributed by atoms with Crippen molar-refractivity contribution in [3.05, 3.63) is 21.6 Å². The molecular formula is C7H7BBrClO3. The molecule has 0 spiro atoms. The van der Waals surface area contributed by atoms with E-state index in [-0.39, 0.29) is 10.5 Å². The van der Waals surface area contributed by atoms with Gasteiger partial charge in [0.05, 0.1) is 16.6 Å². The predicted molar refractivity (Wildman–Crippen MR) is 55.5 cm³/mol. The number of benzene rings is 1. The maximum atomic E-state index is 8.92. The van der Waals surface area contributed by atoms with Crippen molar-refractivity contribution in [3.8, 4) is 5.75 Å². The first-order valence-electron chi connectivity index (χ1n) is 3.46. The maximum absolute atomic E-state index is 8.92. The minimum Gasteiger partial charge on any atom is -0.494 e. The van der Waals surface area contributed by atoms with Gasteiger partial charge in [0, 0.05) is 5.46 Å². The van der Waals surface area contributed by atoms with Crippen molar-refractivity contribution in [2.75, 3.05) is 7.11 Å². The van der Waals surface area contributed by atoms with Crippen molar-refractivity contribution in [1.29, 1.82) is 0 Å². The topological polar surface area (TPSA) is 49.7 Å². The lowest BCUT2D eigenvalue weighted by molar-refractivity contribution is 0.410. The van der Waals surface area contributed by atoms with Crippen LogP contribution < -0.4 is 10.2 Å². The van der Waals surface area contributed by atoms with Crippen LogP contribution in [-0.2, 0) is 0 Å². The molecule has 70 valence electrons. The molecule has 0 saturated heterocycles. The maximum Gasteiger partial charge on any atom is 0.490 e. The summed E-state index contributed by atoms with van der Waals surface area (Å²) in [4.78, 5) is 0. The molecule has 0 bridgehead atoms. The number of hydrogen-bond donors (Lipinski definition) is 2. The van der Waals surface area contributed by atoms with Crippen LogP contribution in [0.2, 0.25) is 5.02 Å². The molecule has 0 aliphatic rings. The third-order valence-corrected chi connectivity index (χ3v) is 2.58. The lowest BCUT2D eigenvalue weighted by atomic mass is 9.80. The third-order valence-electron chi connectivity index (χ3n) is 1.56. The van der Waals surface area contributed by atoms with Crippen LogP contribution in [-0.4, -0.2) is 24.3 Å². The molecule has 3 nitrogen and oxygen atoms in total.